The molecule has 2 nitrogen and oxygen atoms in total. The van der Waals surface area contributed by atoms with Gasteiger partial charge in [0.1, 0.15) is 5.76 Å². The first kappa shape index (κ1) is 8.31. The second-order valence-electron chi connectivity index (χ2n) is 3.24. The fourth-order valence-electron chi connectivity index (χ4n) is 1.07. The summed E-state index contributed by atoms with van der Waals surface area (Å²) in [7, 11) is 0. The van der Waals surface area contributed by atoms with Gasteiger partial charge < -0.3 is 4.74 Å². The van der Waals surface area contributed by atoms with Gasteiger partial charge in [0.2, 0.25) is 0 Å². The Morgan fingerprint density at radius 3 is 2.64 bits per heavy atom. The topological polar surface area (TPSA) is 21.6 Å². The van der Waals surface area contributed by atoms with Crippen LogP contribution in [0.5, 0.6) is 0 Å². The van der Waals surface area contributed by atoms with E-state index in [1.54, 1.807) is 0 Å². The molecule has 0 bridgehead atoms. The highest BCUT2D eigenvalue weighted by atomic mass is 16.5. The van der Waals surface area contributed by atoms with E-state index in [1.807, 2.05) is 13.0 Å². The highest BCUT2D eigenvalue weighted by Crippen LogP contribution is 2.13. The summed E-state index contributed by atoms with van der Waals surface area (Å²) in [6.07, 6.45) is 2.02. The number of aliphatic imine (C=N–C) groups is 1. The first-order chi connectivity index (χ1) is 5.09. The SMILES string of the molecule is CC1=CC(C)N=C(C(C)C)O1. The highest BCUT2D eigenvalue weighted by Gasteiger charge is 2.13. The van der Waals surface area contributed by atoms with Crippen molar-refractivity contribution in [3.63, 3.8) is 0 Å². The molecule has 0 N–H and O–H groups in total. The van der Waals surface area contributed by atoms with E-state index in [0.717, 1.165) is 11.7 Å². The quantitative estimate of drug-likeness (QED) is 0.566. The lowest BCUT2D eigenvalue weighted by Crippen LogP contribution is -2.18. The molecule has 0 aromatic heterocycles. The van der Waals surface area contributed by atoms with Crippen LogP contribution >= 0.6 is 0 Å². The summed E-state index contributed by atoms with van der Waals surface area (Å²) < 4.78 is 5.43. The normalized spacial score (nSPS) is 24.3. The number of allylic oxidation sites excluding steroid dienone is 1. The smallest absolute Gasteiger partial charge is 0.192 e. The van der Waals surface area contributed by atoms with Crippen LogP contribution in [0.4, 0.5) is 0 Å². The predicted octanol–water partition coefficient (Wildman–Crippen LogP) is 2.36. The van der Waals surface area contributed by atoms with Crippen molar-refractivity contribution in [3.05, 3.63) is 11.8 Å². The van der Waals surface area contributed by atoms with Crippen LogP contribution < -0.4 is 0 Å². The van der Waals surface area contributed by atoms with Gasteiger partial charge >= 0.3 is 0 Å². The van der Waals surface area contributed by atoms with Crippen molar-refractivity contribution >= 4 is 5.90 Å². The van der Waals surface area contributed by atoms with Crippen molar-refractivity contribution in [2.24, 2.45) is 10.9 Å². The van der Waals surface area contributed by atoms with Crippen molar-refractivity contribution in [2.75, 3.05) is 0 Å². The van der Waals surface area contributed by atoms with Crippen molar-refractivity contribution in [1.29, 1.82) is 0 Å². The Kier molecular flexibility index (Phi) is 2.32. The van der Waals surface area contributed by atoms with Crippen LogP contribution in [-0.2, 0) is 4.74 Å². The molecule has 62 valence electrons. The van der Waals surface area contributed by atoms with Crippen LogP contribution in [0.3, 0.4) is 0 Å². The van der Waals surface area contributed by atoms with Gasteiger partial charge in [0.05, 0.1) is 6.04 Å². The molecule has 1 rings (SSSR count). The Hall–Kier alpha value is -0.790. The maximum Gasteiger partial charge on any atom is 0.192 e. The molecule has 0 fully saturated rings. The molecule has 1 aliphatic heterocycles. The summed E-state index contributed by atoms with van der Waals surface area (Å²) >= 11 is 0. The molecule has 2 heteroatoms. The molecule has 0 aromatic rings. The molecular weight excluding hydrogens is 138 g/mol. The number of hydrogen-bond donors (Lipinski definition) is 0. The van der Waals surface area contributed by atoms with Crippen molar-refractivity contribution in [1.82, 2.24) is 0 Å². The standard InChI is InChI=1S/C9H15NO/c1-6(2)9-10-7(3)5-8(4)11-9/h5-7H,1-4H3. The summed E-state index contributed by atoms with van der Waals surface area (Å²) in [6.45, 7) is 8.20. The van der Waals surface area contributed by atoms with Gasteiger partial charge in [-0.2, -0.15) is 0 Å². The van der Waals surface area contributed by atoms with E-state index in [4.69, 9.17) is 4.74 Å². The van der Waals surface area contributed by atoms with Gasteiger partial charge in [0.15, 0.2) is 5.90 Å². The van der Waals surface area contributed by atoms with Crippen molar-refractivity contribution in [3.8, 4) is 0 Å². The third kappa shape index (κ3) is 2.07. The molecule has 1 heterocycles. The molecular formula is C9H15NO. The summed E-state index contributed by atoms with van der Waals surface area (Å²) in [5.41, 5.74) is 0. The Bertz CT molecular complexity index is 204. The number of nitrogens with zero attached hydrogens (tertiary/aromatic N) is 1. The lowest BCUT2D eigenvalue weighted by Gasteiger charge is -2.18. The molecule has 0 aliphatic carbocycles. The largest absolute Gasteiger partial charge is 0.448 e. The zero-order valence-electron chi connectivity index (χ0n) is 7.59. The van der Waals surface area contributed by atoms with Gasteiger partial charge in [-0.1, -0.05) is 13.8 Å². The average Bonchev–Trinajstić information content (AvgIpc) is 1.85. The van der Waals surface area contributed by atoms with E-state index in [-0.39, 0.29) is 6.04 Å². The van der Waals surface area contributed by atoms with Crippen molar-refractivity contribution < 1.29 is 4.74 Å². The van der Waals surface area contributed by atoms with Crippen LogP contribution in [0.25, 0.3) is 0 Å². The Labute approximate surface area is 68.0 Å². The molecule has 0 radical (unpaired) electrons. The van der Waals surface area contributed by atoms with Crippen LogP contribution in [0, 0.1) is 5.92 Å². The molecule has 0 spiro atoms. The van der Waals surface area contributed by atoms with E-state index in [2.05, 4.69) is 25.8 Å². The maximum atomic E-state index is 5.43. The van der Waals surface area contributed by atoms with Gasteiger partial charge in [-0.15, -0.1) is 0 Å². The minimum absolute atomic E-state index is 0.279. The molecule has 0 amide bonds. The Morgan fingerprint density at radius 1 is 1.55 bits per heavy atom. The minimum atomic E-state index is 0.279. The van der Waals surface area contributed by atoms with E-state index in [0.29, 0.717) is 5.92 Å². The van der Waals surface area contributed by atoms with Gasteiger partial charge in [0, 0.05) is 5.92 Å². The third-order valence-corrected chi connectivity index (χ3v) is 1.57. The molecule has 1 aliphatic rings. The minimum Gasteiger partial charge on any atom is -0.448 e. The molecule has 0 saturated heterocycles. The van der Waals surface area contributed by atoms with E-state index in [9.17, 15) is 0 Å². The molecule has 0 aromatic carbocycles. The second kappa shape index (κ2) is 3.07. The van der Waals surface area contributed by atoms with Gasteiger partial charge in [0.25, 0.3) is 0 Å². The fourth-order valence-corrected chi connectivity index (χ4v) is 1.07. The lowest BCUT2D eigenvalue weighted by atomic mass is 10.2. The average molecular weight is 153 g/mol. The van der Waals surface area contributed by atoms with Crippen LogP contribution in [0.15, 0.2) is 16.8 Å². The Morgan fingerprint density at radius 2 is 2.18 bits per heavy atom. The first-order valence-corrected chi connectivity index (χ1v) is 4.03. The maximum absolute atomic E-state index is 5.43. The van der Waals surface area contributed by atoms with Gasteiger partial charge in [-0.25, -0.2) is 4.99 Å². The van der Waals surface area contributed by atoms with E-state index < -0.39 is 0 Å². The number of hydrogen-bond acceptors (Lipinski definition) is 2. The second-order valence-corrected chi connectivity index (χ2v) is 3.24. The fraction of sp³-hybridized carbons (Fsp3) is 0.667. The highest BCUT2D eigenvalue weighted by molar-refractivity contribution is 5.80. The zero-order chi connectivity index (χ0) is 8.43. The lowest BCUT2D eigenvalue weighted by molar-refractivity contribution is 0.370. The summed E-state index contributed by atoms with van der Waals surface area (Å²) in [4.78, 5) is 4.35. The van der Waals surface area contributed by atoms with Crippen LogP contribution in [0.2, 0.25) is 0 Å². The monoisotopic (exact) mass is 153 g/mol. The molecule has 1 atom stereocenters. The summed E-state index contributed by atoms with van der Waals surface area (Å²) in [5, 5.41) is 0. The molecule has 0 saturated carbocycles. The number of ether oxygens (including phenoxy) is 1. The third-order valence-electron chi connectivity index (χ3n) is 1.57. The summed E-state index contributed by atoms with van der Waals surface area (Å²) in [6, 6.07) is 0.279. The van der Waals surface area contributed by atoms with Crippen LogP contribution in [0.1, 0.15) is 27.7 Å². The van der Waals surface area contributed by atoms with E-state index >= 15 is 0 Å². The molecule has 1 unspecified atom stereocenters. The number of rotatable bonds is 1. The van der Waals surface area contributed by atoms with E-state index in [1.165, 1.54) is 0 Å². The summed E-state index contributed by atoms with van der Waals surface area (Å²) in [5.74, 6) is 2.22. The van der Waals surface area contributed by atoms with Crippen molar-refractivity contribution in [2.45, 2.75) is 33.7 Å². The zero-order valence-corrected chi connectivity index (χ0v) is 7.59. The van der Waals surface area contributed by atoms with Gasteiger partial charge in [-0.3, -0.25) is 0 Å². The molecule has 11 heavy (non-hydrogen) atoms. The van der Waals surface area contributed by atoms with Gasteiger partial charge in [-0.05, 0) is 19.9 Å². The van der Waals surface area contributed by atoms with Crippen LogP contribution in [-0.4, -0.2) is 11.9 Å². The first-order valence-electron chi connectivity index (χ1n) is 4.03. The predicted molar refractivity (Wildman–Crippen MR) is 46.6 cm³/mol. The Balaban J connectivity index is 2.71.